The Labute approximate surface area is 146 Å². The predicted molar refractivity (Wildman–Crippen MR) is 94.7 cm³/mol. The zero-order valence-corrected chi connectivity index (χ0v) is 15.4. The van der Waals surface area contributed by atoms with Crippen molar-refractivity contribution in [2.45, 2.75) is 57.9 Å². The Kier molecular flexibility index (Phi) is 8.92. The molecular weight excluding hydrogens is 314 g/mol. The average molecular weight is 346 g/mol. The Hall–Kier alpha value is -0.810. The molecule has 0 bridgehead atoms. The van der Waals surface area contributed by atoms with Crippen molar-refractivity contribution in [1.82, 2.24) is 15.1 Å². The molecule has 0 aromatic heterocycles. The molecule has 2 amide bonds. The quantitative estimate of drug-likeness (QED) is 0.829. The van der Waals surface area contributed by atoms with E-state index < -0.39 is 0 Å². The van der Waals surface area contributed by atoms with E-state index in [1.54, 1.807) is 0 Å². The molecule has 0 aromatic rings. The molecule has 1 N–H and O–H groups in total. The van der Waals surface area contributed by atoms with Crippen molar-refractivity contribution in [3.8, 4) is 0 Å². The zero-order chi connectivity index (χ0) is 15.9. The Bertz CT molecular complexity index is 378. The van der Waals surface area contributed by atoms with E-state index in [2.05, 4.69) is 12.2 Å². The lowest BCUT2D eigenvalue weighted by Gasteiger charge is -2.36. The maximum Gasteiger partial charge on any atom is 0.239 e. The van der Waals surface area contributed by atoms with Crippen LogP contribution in [0.5, 0.6) is 0 Å². The van der Waals surface area contributed by atoms with E-state index in [9.17, 15) is 9.59 Å². The molecule has 0 aromatic carbocycles. The van der Waals surface area contributed by atoms with Crippen molar-refractivity contribution in [1.29, 1.82) is 0 Å². The minimum Gasteiger partial charge on any atom is -0.346 e. The van der Waals surface area contributed by atoms with Crippen LogP contribution in [0.15, 0.2) is 0 Å². The molecule has 1 atom stereocenters. The van der Waals surface area contributed by atoms with Crippen LogP contribution in [-0.4, -0.2) is 60.9 Å². The van der Waals surface area contributed by atoms with E-state index in [-0.39, 0.29) is 36.2 Å². The number of halogens is 1. The summed E-state index contributed by atoms with van der Waals surface area (Å²) in [5, 5.41) is 3.33. The number of hydrogen-bond acceptors (Lipinski definition) is 3. The first kappa shape index (κ1) is 20.2. The van der Waals surface area contributed by atoms with Crippen LogP contribution < -0.4 is 5.32 Å². The number of nitrogens with zero attached hydrogens (tertiary/aromatic N) is 2. The summed E-state index contributed by atoms with van der Waals surface area (Å²) in [5.74, 6) is 0.603. The SMILES string of the molecule is CCCCN(C)C(=O)C1CCN(C(=O)C2CCCCN2)CC1.Cl. The van der Waals surface area contributed by atoms with E-state index in [1.807, 2.05) is 16.8 Å². The Morgan fingerprint density at radius 3 is 2.43 bits per heavy atom. The number of nitrogens with one attached hydrogen (secondary N) is 1. The number of amides is 2. The van der Waals surface area contributed by atoms with Gasteiger partial charge in [0.1, 0.15) is 0 Å². The number of unbranched alkanes of at least 4 members (excludes halogenated alkanes) is 1. The predicted octanol–water partition coefficient (Wildman–Crippen LogP) is 2.05. The molecule has 5 nitrogen and oxygen atoms in total. The van der Waals surface area contributed by atoms with E-state index >= 15 is 0 Å². The second-order valence-electron chi connectivity index (χ2n) is 6.72. The van der Waals surface area contributed by atoms with Gasteiger partial charge in [0.25, 0.3) is 0 Å². The summed E-state index contributed by atoms with van der Waals surface area (Å²) in [4.78, 5) is 28.7. The summed E-state index contributed by atoms with van der Waals surface area (Å²) in [6.45, 7) is 5.40. The molecule has 2 aliphatic heterocycles. The molecule has 2 fully saturated rings. The standard InChI is InChI=1S/C17H31N3O2.ClH/c1-3-4-11-19(2)16(21)14-8-12-20(13-9-14)17(22)15-7-5-6-10-18-15;/h14-15,18H,3-13H2,1-2H3;1H. The van der Waals surface area contributed by atoms with Gasteiger partial charge in [-0.05, 0) is 38.6 Å². The zero-order valence-electron chi connectivity index (χ0n) is 14.6. The van der Waals surface area contributed by atoms with Gasteiger partial charge >= 0.3 is 0 Å². The van der Waals surface area contributed by atoms with Crippen molar-refractivity contribution < 1.29 is 9.59 Å². The molecule has 0 saturated carbocycles. The Balaban J connectivity index is 0.00000264. The van der Waals surface area contributed by atoms with Crippen LogP contribution in [0, 0.1) is 5.92 Å². The fourth-order valence-corrected chi connectivity index (χ4v) is 3.45. The number of carbonyl (C=O) groups excluding carboxylic acids is 2. The molecule has 2 aliphatic rings. The first-order chi connectivity index (χ1) is 10.6. The third kappa shape index (κ3) is 5.64. The lowest BCUT2D eigenvalue weighted by Crippen LogP contribution is -2.51. The van der Waals surface area contributed by atoms with Gasteiger partial charge in [0.15, 0.2) is 0 Å². The average Bonchev–Trinajstić information content (AvgIpc) is 2.59. The van der Waals surface area contributed by atoms with Gasteiger partial charge in [0.05, 0.1) is 6.04 Å². The van der Waals surface area contributed by atoms with E-state index in [4.69, 9.17) is 0 Å². The highest BCUT2D eigenvalue weighted by Gasteiger charge is 2.32. The van der Waals surface area contributed by atoms with Gasteiger partial charge in [0, 0.05) is 32.6 Å². The van der Waals surface area contributed by atoms with Crippen LogP contribution in [0.1, 0.15) is 51.9 Å². The number of rotatable bonds is 5. The molecule has 23 heavy (non-hydrogen) atoms. The normalized spacial score (nSPS) is 22.3. The van der Waals surface area contributed by atoms with Crippen molar-refractivity contribution in [2.75, 3.05) is 33.2 Å². The maximum atomic E-state index is 12.5. The summed E-state index contributed by atoms with van der Waals surface area (Å²) in [6, 6.07) is 0.00762. The highest BCUT2D eigenvalue weighted by Crippen LogP contribution is 2.21. The largest absolute Gasteiger partial charge is 0.346 e. The van der Waals surface area contributed by atoms with Gasteiger partial charge in [-0.2, -0.15) is 0 Å². The molecule has 134 valence electrons. The summed E-state index contributed by atoms with van der Waals surface area (Å²) < 4.78 is 0. The minimum absolute atomic E-state index is 0. The van der Waals surface area contributed by atoms with Gasteiger partial charge in [-0.25, -0.2) is 0 Å². The highest BCUT2D eigenvalue weighted by atomic mass is 35.5. The molecule has 0 radical (unpaired) electrons. The molecule has 2 rings (SSSR count). The van der Waals surface area contributed by atoms with Crippen LogP contribution in [0.25, 0.3) is 0 Å². The monoisotopic (exact) mass is 345 g/mol. The van der Waals surface area contributed by atoms with Crippen LogP contribution in [-0.2, 0) is 9.59 Å². The Morgan fingerprint density at radius 1 is 1.17 bits per heavy atom. The van der Waals surface area contributed by atoms with Gasteiger partial charge in [-0.3, -0.25) is 9.59 Å². The smallest absolute Gasteiger partial charge is 0.239 e. The fraction of sp³-hybridized carbons (Fsp3) is 0.882. The molecule has 2 heterocycles. The first-order valence-corrected chi connectivity index (χ1v) is 8.90. The summed E-state index contributed by atoms with van der Waals surface area (Å²) >= 11 is 0. The van der Waals surface area contributed by atoms with Gasteiger partial charge in [-0.15, -0.1) is 12.4 Å². The molecule has 0 aliphatic carbocycles. The van der Waals surface area contributed by atoms with Crippen LogP contribution >= 0.6 is 12.4 Å². The second-order valence-corrected chi connectivity index (χ2v) is 6.72. The second kappa shape index (κ2) is 10.1. The summed E-state index contributed by atoms with van der Waals surface area (Å²) in [5.41, 5.74) is 0. The molecule has 2 saturated heterocycles. The third-order valence-corrected chi connectivity index (χ3v) is 4.99. The molecule has 0 spiro atoms. The lowest BCUT2D eigenvalue weighted by atomic mass is 9.94. The lowest BCUT2D eigenvalue weighted by molar-refractivity contribution is -0.141. The summed E-state index contributed by atoms with van der Waals surface area (Å²) in [7, 11) is 1.90. The number of carbonyl (C=O) groups is 2. The maximum absolute atomic E-state index is 12.5. The van der Waals surface area contributed by atoms with Crippen LogP contribution in [0.3, 0.4) is 0 Å². The number of hydrogen-bond donors (Lipinski definition) is 1. The third-order valence-electron chi connectivity index (χ3n) is 4.99. The Morgan fingerprint density at radius 2 is 1.87 bits per heavy atom. The molecule has 1 unspecified atom stereocenters. The van der Waals surface area contributed by atoms with Crippen LogP contribution in [0.4, 0.5) is 0 Å². The van der Waals surface area contributed by atoms with E-state index in [1.165, 1.54) is 6.42 Å². The topological polar surface area (TPSA) is 52.7 Å². The highest BCUT2D eigenvalue weighted by molar-refractivity contribution is 5.85. The van der Waals surface area contributed by atoms with Crippen molar-refractivity contribution in [3.05, 3.63) is 0 Å². The molecule has 6 heteroatoms. The van der Waals surface area contributed by atoms with Gasteiger partial charge in [-0.1, -0.05) is 19.8 Å². The first-order valence-electron chi connectivity index (χ1n) is 8.90. The van der Waals surface area contributed by atoms with Gasteiger partial charge in [0.2, 0.25) is 11.8 Å². The van der Waals surface area contributed by atoms with Crippen LogP contribution in [0.2, 0.25) is 0 Å². The number of likely N-dealkylation sites (tertiary alicyclic amines) is 1. The van der Waals surface area contributed by atoms with E-state index in [0.29, 0.717) is 0 Å². The van der Waals surface area contributed by atoms with Crippen molar-refractivity contribution in [3.63, 3.8) is 0 Å². The summed E-state index contributed by atoms with van der Waals surface area (Å²) in [6.07, 6.45) is 7.07. The fourth-order valence-electron chi connectivity index (χ4n) is 3.45. The van der Waals surface area contributed by atoms with Crippen molar-refractivity contribution in [2.24, 2.45) is 5.92 Å². The van der Waals surface area contributed by atoms with E-state index in [0.717, 1.165) is 64.7 Å². The number of piperidine rings is 2. The van der Waals surface area contributed by atoms with Gasteiger partial charge < -0.3 is 15.1 Å². The minimum atomic E-state index is 0. The van der Waals surface area contributed by atoms with Crippen molar-refractivity contribution >= 4 is 24.2 Å². The molecular formula is C17H32ClN3O2.